The molecule has 0 radical (unpaired) electrons. The van der Waals surface area contributed by atoms with Gasteiger partial charge in [0.2, 0.25) is 0 Å². The number of piperidine rings is 1. The van der Waals surface area contributed by atoms with Crippen LogP contribution in [0.2, 0.25) is 0 Å². The Kier molecular flexibility index (Phi) is 4.48. The van der Waals surface area contributed by atoms with Crippen LogP contribution < -0.4 is 0 Å². The highest BCUT2D eigenvalue weighted by atomic mass is 16.4. The molecule has 0 amide bonds. The van der Waals surface area contributed by atoms with Crippen molar-refractivity contribution in [1.29, 1.82) is 5.26 Å². The first-order valence-electron chi connectivity index (χ1n) is 6.50. The summed E-state index contributed by atoms with van der Waals surface area (Å²) < 4.78 is 0. The van der Waals surface area contributed by atoms with E-state index in [1.165, 1.54) is 0 Å². The van der Waals surface area contributed by atoms with Crippen molar-refractivity contribution in [2.75, 3.05) is 6.54 Å². The lowest BCUT2D eigenvalue weighted by molar-refractivity contribution is -0.138. The molecule has 100 valence electrons. The third-order valence-corrected chi connectivity index (χ3v) is 3.48. The number of rotatable bonds is 4. The van der Waals surface area contributed by atoms with Crippen molar-refractivity contribution in [1.82, 2.24) is 9.88 Å². The van der Waals surface area contributed by atoms with Crippen molar-refractivity contribution in [2.24, 2.45) is 0 Å². The van der Waals surface area contributed by atoms with Gasteiger partial charge in [-0.25, -0.2) is 4.98 Å². The highest BCUT2D eigenvalue weighted by molar-refractivity contribution is 5.67. The normalized spacial score (nSPS) is 19.8. The van der Waals surface area contributed by atoms with Gasteiger partial charge in [0, 0.05) is 18.8 Å². The predicted octanol–water partition coefficient (Wildman–Crippen LogP) is 1.78. The molecule has 5 heteroatoms. The van der Waals surface area contributed by atoms with Crippen LogP contribution in [0.15, 0.2) is 18.3 Å². The summed E-state index contributed by atoms with van der Waals surface area (Å²) >= 11 is 0. The molecule has 1 unspecified atom stereocenters. The van der Waals surface area contributed by atoms with E-state index < -0.39 is 5.97 Å². The van der Waals surface area contributed by atoms with Crippen LogP contribution in [0.25, 0.3) is 0 Å². The smallest absolute Gasteiger partial charge is 0.304 e. The number of hydrogen-bond donors (Lipinski definition) is 1. The molecule has 1 aromatic rings. The first-order valence-corrected chi connectivity index (χ1v) is 6.50. The van der Waals surface area contributed by atoms with E-state index in [1.807, 2.05) is 12.1 Å². The molecule has 0 aromatic carbocycles. The third-order valence-electron chi connectivity index (χ3n) is 3.48. The van der Waals surface area contributed by atoms with Crippen molar-refractivity contribution in [3.8, 4) is 6.07 Å². The molecule has 0 aliphatic carbocycles. The van der Waals surface area contributed by atoms with E-state index in [1.54, 1.807) is 12.3 Å². The molecule has 0 saturated carbocycles. The quantitative estimate of drug-likeness (QED) is 0.891. The van der Waals surface area contributed by atoms with Crippen molar-refractivity contribution in [3.05, 3.63) is 29.6 Å². The van der Waals surface area contributed by atoms with Crippen LogP contribution in [0.5, 0.6) is 0 Å². The average Bonchev–Trinajstić information content (AvgIpc) is 2.41. The van der Waals surface area contributed by atoms with Crippen LogP contribution in [0.1, 0.15) is 36.9 Å². The van der Waals surface area contributed by atoms with Gasteiger partial charge in [-0.2, -0.15) is 5.26 Å². The lowest BCUT2D eigenvalue weighted by atomic mass is 9.98. The molecule has 1 aromatic heterocycles. The second-order valence-corrected chi connectivity index (χ2v) is 4.88. The molecule has 0 bridgehead atoms. The summed E-state index contributed by atoms with van der Waals surface area (Å²) in [5.41, 5.74) is 1.42. The molecular formula is C14H17N3O2. The summed E-state index contributed by atoms with van der Waals surface area (Å²) in [6, 6.07) is 5.78. The van der Waals surface area contributed by atoms with Crippen LogP contribution in [-0.2, 0) is 11.3 Å². The summed E-state index contributed by atoms with van der Waals surface area (Å²) in [6.45, 7) is 1.61. The van der Waals surface area contributed by atoms with Gasteiger partial charge in [0.05, 0.1) is 6.42 Å². The molecule has 1 atom stereocenters. The Bertz CT molecular complexity index is 496. The maximum atomic E-state index is 10.9. The first-order chi connectivity index (χ1) is 9.19. The number of nitrogens with zero attached hydrogens (tertiary/aromatic N) is 3. The number of hydrogen-bond acceptors (Lipinski definition) is 4. The van der Waals surface area contributed by atoms with Crippen LogP contribution in [0, 0.1) is 11.3 Å². The minimum absolute atomic E-state index is 0.102. The average molecular weight is 259 g/mol. The molecule has 0 spiro atoms. The lowest BCUT2D eigenvalue weighted by Gasteiger charge is -2.34. The molecule has 5 nitrogen and oxygen atoms in total. The lowest BCUT2D eigenvalue weighted by Crippen LogP contribution is -2.40. The highest BCUT2D eigenvalue weighted by Crippen LogP contribution is 2.22. The Balaban J connectivity index is 2.06. The Labute approximate surface area is 112 Å². The Hall–Kier alpha value is -1.93. The summed E-state index contributed by atoms with van der Waals surface area (Å²) in [4.78, 5) is 17.0. The van der Waals surface area contributed by atoms with Gasteiger partial charge in [-0.1, -0.05) is 6.42 Å². The van der Waals surface area contributed by atoms with E-state index in [0.717, 1.165) is 31.4 Å². The van der Waals surface area contributed by atoms with Gasteiger partial charge < -0.3 is 5.11 Å². The Morgan fingerprint density at radius 1 is 1.58 bits per heavy atom. The molecule has 1 aliphatic rings. The predicted molar refractivity (Wildman–Crippen MR) is 69.3 cm³/mol. The number of pyridine rings is 1. The summed E-state index contributed by atoms with van der Waals surface area (Å²) in [5.74, 6) is -0.746. The summed E-state index contributed by atoms with van der Waals surface area (Å²) in [7, 11) is 0. The Morgan fingerprint density at radius 3 is 3.16 bits per heavy atom. The van der Waals surface area contributed by atoms with Gasteiger partial charge in [-0.3, -0.25) is 9.69 Å². The van der Waals surface area contributed by atoms with Gasteiger partial charge in [-0.15, -0.1) is 0 Å². The molecule has 19 heavy (non-hydrogen) atoms. The third kappa shape index (κ3) is 3.76. The van der Waals surface area contributed by atoms with Gasteiger partial charge in [0.15, 0.2) is 0 Å². The van der Waals surface area contributed by atoms with E-state index in [9.17, 15) is 4.79 Å². The fourth-order valence-electron chi connectivity index (χ4n) is 2.57. The molecular weight excluding hydrogens is 242 g/mol. The Morgan fingerprint density at radius 2 is 2.42 bits per heavy atom. The standard InChI is InChI=1S/C14H17N3O2/c15-9-12-7-11(4-5-16-12)10-17-6-2-1-3-13(17)8-14(18)19/h4-5,7,13H,1-3,6,8,10H2,(H,18,19). The molecule has 1 aliphatic heterocycles. The largest absolute Gasteiger partial charge is 0.481 e. The van der Waals surface area contributed by atoms with Crippen molar-refractivity contribution in [2.45, 2.75) is 38.3 Å². The number of aromatic nitrogens is 1. The SMILES string of the molecule is N#Cc1cc(CN2CCCCC2CC(=O)O)ccn1. The second kappa shape index (κ2) is 6.30. The van der Waals surface area contributed by atoms with Crippen LogP contribution in [0.3, 0.4) is 0 Å². The molecule has 2 rings (SSSR count). The van der Waals surface area contributed by atoms with E-state index in [2.05, 4.69) is 9.88 Å². The minimum Gasteiger partial charge on any atom is -0.481 e. The van der Waals surface area contributed by atoms with E-state index in [4.69, 9.17) is 10.4 Å². The second-order valence-electron chi connectivity index (χ2n) is 4.88. The van der Waals surface area contributed by atoms with Crippen molar-refractivity contribution < 1.29 is 9.90 Å². The summed E-state index contributed by atoms with van der Waals surface area (Å²) in [6.07, 6.45) is 4.95. The van der Waals surface area contributed by atoms with Crippen LogP contribution >= 0.6 is 0 Å². The maximum Gasteiger partial charge on any atom is 0.304 e. The molecule has 1 N–H and O–H groups in total. The topological polar surface area (TPSA) is 77.2 Å². The zero-order valence-electron chi connectivity index (χ0n) is 10.7. The number of nitriles is 1. The van der Waals surface area contributed by atoms with Gasteiger partial charge in [-0.05, 0) is 37.1 Å². The minimum atomic E-state index is -0.746. The molecule has 1 saturated heterocycles. The molecule has 2 heterocycles. The van der Waals surface area contributed by atoms with Gasteiger partial charge in [0.1, 0.15) is 11.8 Å². The van der Waals surface area contributed by atoms with Gasteiger partial charge >= 0.3 is 5.97 Å². The van der Waals surface area contributed by atoms with Gasteiger partial charge in [0.25, 0.3) is 0 Å². The number of carboxylic acids is 1. The van der Waals surface area contributed by atoms with Crippen LogP contribution in [-0.4, -0.2) is 33.5 Å². The fourth-order valence-corrected chi connectivity index (χ4v) is 2.57. The monoisotopic (exact) mass is 259 g/mol. The first kappa shape index (κ1) is 13.5. The number of aliphatic carboxylic acids is 1. The highest BCUT2D eigenvalue weighted by Gasteiger charge is 2.24. The number of carboxylic acid groups (broad SMARTS) is 1. The number of carbonyl (C=O) groups is 1. The zero-order valence-corrected chi connectivity index (χ0v) is 10.7. The van der Waals surface area contributed by atoms with Crippen LogP contribution in [0.4, 0.5) is 0 Å². The van der Waals surface area contributed by atoms with E-state index in [-0.39, 0.29) is 12.5 Å². The van der Waals surface area contributed by atoms with E-state index >= 15 is 0 Å². The van der Waals surface area contributed by atoms with Crippen molar-refractivity contribution in [3.63, 3.8) is 0 Å². The fraction of sp³-hybridized carbons (Fsp3) is 0.500. The summed E-state index contributed by atoms with van der Waals surface area (Å²) in [5, 5.41) is 17.8. The maximum absolute atomic E-state index is 10.9. The van der Waals surface area contributed by atoms with E-state index in [0.29, 0.717) is 12.2 Å². The van der Waals surface area contributed by atoms with Crippen molar-refractivity contribution >= 4 is 5.97 Å². The molecule has 1 fully saturated rings. The number of likely N-dealkylation sites (tertiary alicyclic amines) is 1. The zero-order chi connectivity index (χ0) is 13.7.